The maximum atomic E-state index is 12.9. The molecule has 2 aromatic heterocycles. The van der Waals surface area contributed by atoms with Gasteiger partial charge in [0.05, 0.1) is 5.92 Å². The molecule has 0 aliphatic carbocycles. The van der Waals surface area contributed by atoms with E-state index < -0.39 is 0 Å². The fraction of sp³-hybridized carbons (Fsp3) is 0.500. The fourth-order valence-corrected chi connectivity index (χ4v) is 5.34. The predicted molar refractivity (Wildman–Crippen MR) is 117 cm³/mol. The Labute approximate surface area is 180 Å². The molecule has 1 unspecified atom stereocenters. The summed E-state index contributed by atoms with van der Waals surface area (Å²) in [5, 5.41) is 4.94. The van der Waals surface area contributed by atoms with Crippen molar-refractivity contribution in [1.82, 2.24) is 20.1 Å². The van der Waals surface area contributed by atoms with E-state index in [1.807, 2.05) is 17.3 Å². The molecule has 7 nitrogen and oxygen atoms in total. The molecule has 30 heavy (non-hydrogen) atoms. The first-order valence-electron chi connectivity index (χ1n) is 10.5. The molecule has 2 aliphatic rings. The van der Waals surface area contributed by atoms with Crippen LogP contribution in [-0.4, -0.2) is 59.8 Å². The summed E-state index contributed by atoms with van der Waals surface area (Å²) in [6.07, 6.45) is 3.83. The van der Waals surface area contributed by atoms with Gasteiger partial charge >= 0.3 is 0 Å². The number of pyridine rings is 1. The van der Waals surface area contributed by atoms with Crippen LogP contribution in [0.5, 0.6) is 0 Å². The van der Waals surface area contributed by atoms with Crippen LogP contribution in [0, 0.1) is 12.8 Å². The Balaban J connectivity index is 1.44. The van der Waals surface area contributed by atoms with E-state index >= 15 is 0 Å². The van der Waals surface area contributed by atoms with Crippen molar-refractivity contribution in [3.8, 4) is 0 Å². The van der Waals surface area contributed by atoms with Crippen LogP contribution < -0.4 is 10.9 Å². The van der Waals surface area contributed by atoms with Crippen molar-refractivity contribution >= 4 is 23.2 Å². The van der Waals surface area contributed by atoms with Gasteiger partial charge in [-0.1, -0.05) is 0 Å². The van der Waals surface area contributed by atoms with Crippen molar-refractivity contribution in [2.24, 2.45) is 5.92 Å². The van der Waals surface area contributed by atoms with Crippen molar-refractivity contribution in [1.29, 1.82) is 0 Å². The highest BCUT2D eigenvalue weighted by Crippen LogP contribution is 2.24. The molecule has 0 saturated carbocycles. The SMILES string of the molecule is Cc1ccsc1CCNC(=O)c1c2c(c[nH]c1=O)CN(C(=O)C1CCN(C)C1)CC2. The zero-order valence-corrected chi connectivity index (χ0v) is 18.3. The number of likely N-dealkylation sites (tertiary alicyclic amines) is 1. The molecule has 1 atom stereocenters. The van der Waals surface area contributed by atoms with Gasteiger partial charge in [-0.3, -0.25) is 14.4 Å². The summed E-state index contributed by atoms with van der Waals surface area (Å²) in [6, 6.07) is 2.07. The molecule has 4 heterocycles. The van der Waals surface area contributed by atoms with E-state index in [0.29, 0.717) is 26.1 Å². The van der Waals surface area contributed by atoms with Crippen LogP contribution in [0.4, 0.5) is 0 Å². The van der Waals surface area contributed by atoms with E-state index in [1.165, 1.54) is 10.4 Å². The van der Waals surface area contributed by atoms with Gasteiger partial charge in [-0.15, -0.1) is 11.3 Å². The molecule has 1 fully saturated rings. The summed E-state index contributed by atoms with van der Waals surface area (Å²) in [4.78, 5) is 46.1. The van der Waals surface area contributed by atoms with Gasteiger partial charge in [0.15, 0.2) is 0 Å². The molecular formula is C22H28N4O3S. The molecule has 1 saturated heterocycles. The van der Waals surface area contributed by atoms with E-state index in [9.17, 15) is 14.4 Å². The van der Waals surface area contributed by atoms with Crippen molar-refractivity contribution in [2.75, 3.05) is 33.2 Å². The Morgan fingerprint density at radius 2 is 2.17 bits per heavy atom. The second-order valence-electron chi connectivity index (χ2n) is 8.29. The minimum atomic E-state index is -0.365. The third kappa shape index (κ3) is 4.20. The minimum absolute atomic E-state index is 0.0442. The summed E-state index contributed by atoms with van der Waals surface area (Å²) in [5.41, 5.74) is 2.69. The number of aromatic amines is 1. The third-order valence-electron chi connectivity index (χ3n) is 6.17. The Morgan fingerprint density at radius 1 is 1.33 bits per heavy atom. The first kappa shape index (κ1) is 20.8. The molecule has 0 spiro atoms. The predicted octanol–water partition coefficient (Wildman–Crippen LogP) is 1.55. The molecule has 0 radical (unpaired) electrons. The van der Waals surface area contributed by atoms with Crippen LogP contribution in [-0.2, 0) is 24.2 Å². The molecular weight excluding hydrogens is 400 g/mol. The van der Waals surface area contributed by atoms with Crippen LogP contribution in [0.25, 0.3) is 0 Å². The maximum Gasteiger partial charge on any atom is 0.261 e. The molecule has 2 aromatic rings. The molecule has 2 aliphatic heterocycles. The molecule has 160 valence electrons. The Kier molecular flexibility index (Phi) is 6.06. The van der Waals surface area contributed by atoms with Gasteiger partial charge in [0.1, 0.15) is 5.56 Å². The smallest absolute Gasteiger partial charge is 0.261 e. The normalized spacial score (nSPS) is 19.0. The van der Waals surface area contributed by atoms with Crippen LogP contribution in [0.1, 0.15) is 38.3 Å². The highest BCUT2D eigenvalue weighted by Gasteiger charge is 2.33. The second kappa shape index (κ2) is 8.73. The maximum absolute atomic E-state index is 12.9. The Morgan fingerprint density at radius 3 is 2.87 bits per heavy atom. The number of amides is 2. The number of aryl methyl sites for hydroxylation is 1. The molecule has 2 N–H and O–H groups in total. The van der Waals surface area contributed by atoms with E-state index in [-0.39, 0.29) is 28.9 Å². The number of carbonyl (C=O) groups excluding carboxylic acids is 2. The summed E-state index contributed by atoms with van der Waals surface area (Å²) in [5.74, 6) is -0.115. The van der Waals surface area contributed by atoms with Gasteiger partial charge in [-0.2, -0.15) is 0 Å². The molecule has 0 aromatic carbocycles. The van der Waals surface area contributed by atoms with Gasteiger partial charge in [0.2, 0.25) is 5.91 Å². The number of aromatic nitrogens is 1. The summed E-state index contributed by atoms with van der Waals surface area (Å²) < 4.78 is 0. The average Bonchev–Trinajstić information content (AvgIpc) is 3.35. The minimum Gasteiger partial charge on any atom is -0.351 e. The number of nitrogens with one attached hydrogen (secondary N) is 2. The van der Waals surface area contributed by atoms with Gasteiger partial charge < -0.3 is 20.1 Å². The summed E-state index contributed by atoms with van der Waals surface area (Å²) >= 11 is 1.68. The van der Waals surface area contributed by atoms with Gasteiger partial charge in [-0.25, -0.2) is 0 Å². The molecule has 0 bridgehead atoms. The molecule has 8 heteroatoms. The lowest BCUT2D eigenvalue weighted by molar-refractivity contribution is -0.136. The average molecular weight is 429 g/mol. The molecule has 4 rings (SSSR count). The second-order valence-corrected chi connectivity index (χ2v) is 9.29. The number of hydrogen-bond acceptors (Lipinski definition) is 5. The summed E-state index contributed by atoms with van der Waals surface area (Å²) in [7, 11) is 2.04. The van der Waals surface area contributed by atoms with E-state index in [1.54, 1.807) is 17.5 Å². The monoisotopic (exact) mass is 428 g/mol. The number of H-pyrrole nitrogens is 1. The van der Waals surface area contributed by atoms with E-state index in [2.05, 4.69) is 28.2 Å². The lowest BCUT2D eigenvalue weighted by Gasteiger charge is -2.31. The van der Waals surface area contributed by atoms with Gasteiger partial charge in [0, 0.05) is 37.3 Å². The van der Waals surface area contributed by atoms with Crippen LogP contribution in [0.15, 0.2) is 22.4 Å². The Hall–Kier alpha value is -2.45. The molecule has 2 amide bonds. The van der Waals surface area contributed by atoms with Crippen molar-refractivity contribution in [3.05, 3.63) is 55.1 Å². The highest BCUT2D eigenvalue weighted by atomic mass is 32.1. The highest BCUT2D eigenvalue weighted by molar-refractivity contribution is 7.10. The topological polar surface area (TPSA) is 85.5 Å². The lowest BCUT2D eigenvalue weighted by Crippen LogP contribution is -2.42. The Bertz CT molecular complexity index is 1010. The van der Waals surface area contributed by atoms with Crippen LogP contribution in [0.2, 0.25) is 0 Å². The number of hydrogen-bond donors (Lipinski definition) is 2. The first-order valence-corrected chi connectivity index (χ1v) is 11.3. The fourth-order valence-electron chi connectivity index (χ4n) is 4.43. The quantitative estimate of drug-likeness (QED) is 0.757. The van der Waals surface area contributed by atoms with Gasteiger partial charge in [0.25, 0.3) is 11.5 Å². The van der Waals surface area contributed by atoms with Crippen molar-refractivity contribution in [3.63, 3.8) is 0 Å². The van der Waals surface area contributed by atoms with Crippen molar-refractivity contribution < 1.29 is 9.59 Å². The van der Waals surface area contributed by atoms with Gasteiger partial charge in [-0.05, 0) is 67.9 Å². The van der Waals surface area contributed by atoms with Crippen LogP contribution >= 0.6 is 11.3 Å². The van der Waals surface area contributed by atoms with Crippen molar-refractivity contribution in [2.45, 2.75) is 32.7 Å². The number of fused-ring (bicyclic) bond motifs is 1. The van der Waals surface area contributed by atoms with E-state index in [0.717, 1.165) is 37.1 Å². The number of nitrogens with zero attached hydrogens (tertiary/aromatic N) is 2. The zero-order valence-electron chi connectivity index (χ0n) is 17.5. The van der Waals surface area contributed by atoms with E-state index in [4.69, 9.17) is 0 Å². The summed E-state index contributed by atoms with van der Waals surface area (Å²) in [6.45, 7) is 5.28. The first-order chi connectivity index (χ1) is 14.4. The number of carbonyl (C=O) groups is 2. The zero-order chi connectivity index (χ0) is 21.3. The standard InChI is InChI=1S/C22H28N4O3S/c1-14-6-10-30-18(14)3-7-23-20(27)19-17-5-9-26(13-16(17)11-24-21(19)28)22(29)15-4-8-25(2)12-15/h6,10-11,15H,3-5,7-9,12-13H2,1-2H3,(H,23,27)(H,24,28). The third-order valence-corrected chi connectivity index (χ3v) is 7.25. The number of rotatable bonds is 5. The number of thiophene rings is 1. The lowest BCUT2D eigenvalue weighted by atomic mass is 9.95. The largest absolute Gasteiger partial charge is 0.351 e. The van der Waals surface area contributed by atoms with Crippen LogP contribution in [0.3, 0.4) is 0 Å².